The van der Waals surface area contributed by atoms with Gasteiger partial charge in [-0.15, -0.1) is 0 Å². The molecule has 0 spiro atoms. The van der Waals surface area contributed by atoms with Gasteiger partial charge in [0.05, 0.1) is 6.10 Å². The van der Waals surface area contributed by atoms with Crippen molar-refractivity contribution in [3.8, 4) is 0 Å². The Hall–Kier alpha value is -1.55. The van der Waals surface area contributed by atoms with Crippen molar-refractivity contribution < 1.29 is 9.90 Å². The van der Waals surface area contributed by atoms with Gasteiger partial charge in [0.15, 0.2) is 0 Å². The first kappa shape index (κ1) is 13.9. The van der Waals surface area contributed by atoms with Crippen LogP contribution in [0.25, 0.3) is 0 Å². The van der Waals surface area contributed by atoms with E-state index in [-0.39, 0.29) is 12.0 Å². The maximum absolute atomic E-state index is 12.1. The van der Waals surface area contributed by atoms with Gasteiger partial charge in [-0.25, -0.2) is 0 Å². The zero-order valence-corrected chi connectivity index (χ0v) is 11.4. The number of amides is 1. The van der Waals surface area contributed by atoms with Gasteiger partial charge in [-0.05, 0) is 62.3 Å². The van der Waals surface area contributed by atoms with E-state index in [2.05, 4.69) is 5.32 Å². The Balaban J connectivity index is 1.87. The van der Waals surface area contributed by atoms with Crippen LogP contribution < -0.4 is 11.1 Å². The molecule has 1 aromatic rings. The van der Waals surface area contributed by atoms with Crippen molar-refractivity contribution in [2.24, 2.45) is 5.92 Å². The van der Waals surface area contributed by atoms with Crippen LogP contribution in [0.5, 0.6) is 0 Å². The van der Waals surface area contributed by atoms with Crippen LogP contribution in [0.3, 0.4) is 0 Å². The zero-order chi connectivity index (χ0) is 13.8. The third kappa shape index (κ3) is 3.70. The number of hydrogen-bond donors (Lipinski definition) is 3. The number of carbonyl (C=O) groups excluding carboxylic acids is 1. The Labute approximate surface area is 114 Å². The highest BCUT2D eigenvalue weighted by molar-refractivity contribution is 5.95. The van der Waals surface area contributed by atoms with Crippen molar-refractivity contribution in [1.82, 2.24) is 5.32 Å². The molecule has 4 N–H and O–H groups in total. The fourth-order valence-corrected chi connectivity index (χ4v) is 2.62. The molecule has 0 aromatic heterocycles. The van der Waals surface area contributed by atoms with E-state index in [1.54, 1.807) is 12.1 Å². The molecule has 104 valence electrons. The van der Waals surface area contributed by atoms with Gasteiger partial charge in [0.25, 0.3) is 5.91 Å². The molecule has 1 saturated carbocycles. The van der Waals surface area contributed by atoms with E-state index in [0.717, 1.165) is 31.2 Å². The summed E-state index contributed by atoms with van der Waals surface area (Å²) >= 11 is 0. The molecule has 1 aliphatic rings. The average molecular weight is 262 g/mol. The minimum absolute atomic E-state index is 0.0383. The van der Waals surface area contributed by atoms with Crippen LogP contribution >= 0.6 is 0 Å². The predicted molar refractivity (Wildman–Crippen MR) is 75.9 cm³/mol. The van der Waals surface area contributed by atoms with E-state index in [1.165, 1.54) is 0 Å². The minimum atomic E-state index is -0.147. The molecule has 0 bridgehead atoms. The molecule has 1 aromatic carbocycles. The molecular formula is C15H22N2O2. The molecule has 0 heterocycles. The number of nitrogen functional groups attached to an aromatic ring is 1. The Morgan fingerprint density at radius 2 is 2.05 bits per heavy atom. The van der Waals surface area contributed by atoms with Gasteiger partial charge >= 0.3 is 0 Å². The number of aryl methyl sites for hydroxylation is 1. The number of rotatable bonds is 3. The molecule has 1 amide bonds. The Bertz CT molecular complexity index is 451. The Morgan fingerprint density at radius 1 is 1.37 bits per heavy atom. The lowest BCUT2D eigenvalue weighted by atomic mass is 9.87. The fraction of sp³-hybridized carbons (Fsp3) is 0.533. The Kier molecular flexibility index (Phi) is 4.43. The van der Waals surface area contributed by atoms with Crippen LogP contribution in [0.2, 0.25) is 0 Å². The van der Waals surface area contributed by atoms with Crippen LogP contribution in [0, 0.1) is 12.8 Å². The van der Waals surface area contributed by atoms with Gasteiger partial charge in [-0.1, -0.05) is 0 Å². The standard InChI is InChI=1S/C15H22N2O2/c1-10-8-12(16)4-7-14(10)15(19)17-9-11-2-5-13(18)6-3-11/h4,7-8,11,13,18H,2-3,5-6,9,16H2,1H3,(H,17,19). The van der Waals surface area contributed by atoms with Crippen molar-refractivity contribution in [2.75, 3.05) is 12.3 Å². The summed E-state index contributed by atoms with van der Waals surface area (Å²) in [7, 11) is 0. The van der Waals surface area contributed by atoms with Gasteiger partial charge in [-0.3, -0.25) is 4.79 Å². The molecule has 4 heteroatoms. The normalized spacial score (nSPS) is 23.1. The highest BCUT2D eigenvalue weighted by Gasteiger charge is 2.20. The first-order chi connectivity index (χ1) is 9.06. The summed E-state index contributed by atoms with van der Waals surface area (Å²) in [5.74, 6) is 0.449. The van der Waals surface area contributed by atoms with Gasteiger partial charge in [0.2, 0.25) is 0 Å². The van der Waals surface area contributed by atoms with E-state index in [1.807, 2.05) is 13.0 Å². The predicted octanol–water partition coefficient (Wildman–Crippen LogP) is 1.86. The molecule has 4 nitrogen and oxygen atoms in total. The van der Waals surface area contributed by atoms with Gasteiger partial charge in [0.1, 0.15) is 0 Å². The fourth-order valence-electron chi connectivity index (χ4n) is 2.62. The lowest BCUT2D eigenvalue weighted by molar-refractivity contribution is 0.0910. The number of anilines is 1. The summed E-state index contributed by atoms with van der Waals surface area (Å²) < 4.78 is 0. The Morgan fingerprint density at radius 3 is 2.68 bits per heavy atom. The molecular weight excluding hydrogens is 240 g/mol. The van der Waals surface area contributed by atoms with Crippen LogP contribution in [-0.2, 0) is 0 Å². The van der Waals surface area contributed by atoms with Crippen LogP contribution in [0.15, 0.2) is 18.2 Å². The molecule has 19 heavy (non-hydrogen) atoms. The lowest BCUT2D eigenvalue weighted by Gasteiger charge is -2.25. The number of aliphatic hydroxyl groups is 1. The third-order valence-electron chi connectivity index (χ3n) is 3.86. The van der Waals surface area contributed by atoms with Crippen LogP contribution in [0.4, 0.5) is 5.69 Å². The smallest absolute Gasteiger partial charge is 0.251 e. The van der Waals surface area contributed by atoms with Crippen molar-refractivity contribution in [3.05, 3.63) is 29.3 Å². The second-order valence-electron chi connectivity index (χ2n) is 5.46. The van der Waals surface area contributed by atoms with Crippen molar-refractivity contribution in [1.29, 1.82) is 0 Å². The SMILES string of the molecule is Cc1cc(N)ccc1C(=O)NCC1CCC(O)CC1. The maximum atomic E-state index is 12.1. The molecule has 0 saturated heterocycles. The van der Waals surface area contributed by atoms with E-state index in [0.29, 0.717) is 23.7 Å². The first-order valence-electron chi connectivity index (χ1n) is 6.88. The van der Waals surface area contributed by atoms with Gasteiger partial charge < -0.3 is 16.2 Å². The molecule has 1 fully saturated rings. The molecule has 0 atom stereocenters. The second kappa shape index (κ2) is 6.06. The summed E-state index contributed by atoms with van der Waals surface area (Å²) in [5, 5.41) is 12.4. The summed E-state index contributed by atoms with van der Waals surface area (Å²) in [4.78, 5) is 12.1. The number of nitrogens with one attached hydrogen (secondary N) is 1. The van der Waals surface area contributed by atoms with Gasteiger partial charge in [-0.2, -0.15) is 0 Å². The average Bonchev–Trinajstić information content (AvgIpc) is 2.37. The summed E-state index contributed by atoms with van der Waals surface area (Å²) in [6.07, 6.45) is 3.53. The largest absolute Gasteiger partial charge is 0.399 e. The van der Waals surface area contributed by atoms with E-state index < -0.39 is 0 Å². The lowest BCUT2D eigenvalue weighted by Crippen LogP contribution is -2.32. The number of benzene rings is 1. The highest BCUT2D eigenvalue weighted by Crippen LogP contribution is 2.23. The van der Waals surface area contributed by atoms with Gasteiger partial charge in [0, 0.05) is 17.8 Å². The van der Waals surface area contributed by atoms with Crippen LogP contribution in [-0.4, -0.2) is 23.7 Å². The van der Waals surface area contributed by atoms with E-state index in [9.17, 15) is 9.90 Å². The number of carbonyl (C=O) groups is 1. The number of aliphatic hydroxyl groups excluding tert-OH is 1. The van der Waals surface area contributed by atoms with Crippen LogP contribution in [0.1, 0.15) is 41.6 Å². The maximum Gasteiger partial charge on any atom is 0.251 e. The summed E-state index contributed by atoms with van der Waals surface area (Å²) in [5.41, 5.74) is 7.94. The minimum Gasteiger partial charge on any atom is -0.399 e. The van der Waals surface area contributed by atoms with Crippen molar-refractivity contribution in [2.45, 2.75) is 38.7 Å². The molecule has 2 rings (SSSR count). The molecule has 0 unspecified atom stereocenters. The summed E-state index contributed by atoms with van der Waals surface area (Å²) in [6.45, 7) is 2.58. The molecule has 0 aliphatic heterocycles. The molecule has 1 aliphatic carbocycles. The summed E-state index contributed by atoms with van der Waals surface area (Å²) in [6, 6.07) is 5.33. The molecule has 0 radical (unpaired) electrons. The topological polar surface area (TPSA) is 75.4 Å². The third-order valence-corrected chi connectivity index (χ3v) is 3.86. The highest BCUT2D eigenvalue weighted by atomic mass is 16.3. The monoisotopic (exact) mass is 262 g/mol. The van der Waals surface area contributed by atoms with E-state index >= 15 is 0 Å². The number of nitrogens with two attached hydrogens (primary N) is 1. The van der Waals surface area contributed by atoms with Crippen molar-refractivity contribution >= 4 is 11.6 Å². The van der Waals surface area contributed by atoms with E-state index in [4.69, 9.17) is 5.73 Å². The first-order valence-corrected chi connectivity index (χ1v) is 6.88. The number of hydrogen-bond acceptors (Lipinski definition) is 3. The second-order valence-corrected chi connectivity index (χ2v) is 5.46. The zero-order valence-electron chi connectivity index (χ0n) is 11.4. The van der Waals surface area contributed by atoms with Crippen molar-refractivity contribution in [3.63, 3.8) is 0 Å². The quantitative estimate of drug-likeness (QED) is 0.728.